The van der Waals surface area contributed by atoms with Crippen LogP contribution in [0.15, 0.2) is 25.5 Å². The number of aromatic nitrogens is 1. The third-order valence-electron chi connectivity index (χ3n) is 2.23. The van der Waals surface area contributed by atoms with E-state index in [-0.39, 0.29) is 15.8 Å². The lowest BCUT2D eigenvalue weighted by molar-refractivity contribution is -0.142. The highest BCUT2D eigenvalue weighted by atomic mass is 79.9. The van der Waals surface area contributed by atoms with Crippen molar-refractivity contribution in [2.45, 2.75) is 17.6 Å². The van der Waals surface area contributed by atoms with Crippen LogP contribution < -0.4 is 4.72 Å². The standard InChI is InChI=1S/C11H11BrN2O4S3/c1-2-18-9(15)5-7-6-20-11(13-7)14-21(16,17)10-8(12)3-4-19-10/h3-4,6H,2,5H2,1H3,(H,13,14). The van der Waals surface area contributed by atoms with E-state index in [0.29, 0.717) is 16.8 Å². The predicted octanol–water partition coefficient (Wildman–Crippen LogP) is 2.87. The second-order valence-corrected chi connectivity index (χ2v) is 8.29. The van der Waals surface area contributed by atoms with Gasteiger partial charge in [0.1, 0.15) is 0 Å². The highest BCUT2D eigenvalue weighted by Gasteiger charge is 2.21. The normalized spacial score (nSPS) is 11.3. The number of ether oxygens (including phenoxy) is 1. The van der Waals surface area contributed by atoms with Crippen molar-refractivity contribution in [1.82, 2.24) is 4.98 Å². The summed E-state index contributed by atoms with van der Waals surface area (Å²) in [6, 6.07) is 1.66. The van der Waals surface area contributed by atoms with Gasteiger partial charge in [-0.25, -0.2) is 13.4 Å². The number of carbonyl (C=O) groups excluding carboxylic acids is 1. The molecule has 0 saturated heterocycles. The number of hydrogen-bond donors (Lipinski definition) is 1. The van der Waals surface area contributed by atoms with Crippen LogP contribution in [0, 0.1) is 0 Å². The lowest BCUT2D eigenvalue weighted by Crippen LogP contribution is -2.12. The third-order valence-corrected chi connectivity index (χ3v) is 7.18. The van der Waals surface area contributed by atoms with E-state index < -0.39 is 16.0 Å². The maximum Gasteiger partial charge on any atom is 0.311 e. The molecular weight excluding hydrogens is 400 g/mol. The number of halogens is 1. The van der Waals surface area contributed by atoms with Crippen molar-refractivity contribution >= 4 is 59.7 Å². The maximum absolute atomic E-state index is 12.2. The van der Waals surface area contributed by atoms with E-state index in [4.69, 9.17) is 4.74 Å². The van der Waals surface area contributed by atoms with Gasteiger partial charge in [-0.3, -0.25) is 9.52 Å². The number of nitrogens with zero attached hydrogens (tertiary/aromatic N) is 1. The Labute approximate surface area is 138 Å². The zero-order valence-corrected chi connectivity index (χ0v) is 14.9. The van der Waals surface area contributed by atoms with Gasteiger partial charge in [-0.15, -0.1) is 22.7 Å². The molecule has 0 aliphatic rings. The van der Waals surface area contributed by atoms with Crippen LogP contribution in [-0.4, -0.2) is 26.0 Å². The van der Waals surface area contributed by atoms with Gasteiger partial charge in [-0.05, 0) is 34.3 Å². The number of carbonyl (C=O) groups is 1. The molecule has 0 unspecified atom stereocenters. The average molecular weight is 411 g/mol. The van der Waals surface area contributed by atoms with Crippen LogP contribution in [0.3, 0.4) is 0 Å². The molecule has 1 N–H and O–H groups in total. The van der Waals surface area contributed by atoms with Crippen LogP contribution in [0.4, 0.5) is 5.13 Å². The van der Waals surface area contributed by atoms with E-state index >= 15 is 0 Å². The Balaban J connectivity index is 2.09. The summed E-state index contributed by atoms with van der Waals surface area (Å²) in [5.74, 6) is -0.391. The second-order valence-electron chi connectivity index (χ2n) is 3.79. The third kappa shape index (κ3) is 4.25. The number of hydrogen-bond acceptors (Lipinski definition) is 7. The van der Waals surface area contributed by atoms with E-state index in [2.05, 4.69) is 25.6 Å². The van der Waals surface area contributed by atoms with Gasteiger partial charge >= 0.3 is 5.97 Å². The van der Waals surface area contributed by atoms with Crippen molar-refractivity contribution < 1.29 is 17.9 Å². The van der Waals surface area contributed by atoms with Crippen molar-refractivity contribution in [3.63, 3.8) is 0 Å². The van der Waals surface area contributed by atoms with Gasteiger partial charge < -0.3 is 4.74 Å². The largest absolute Gasteiger partial charge is 0.466 e. The first kappa shape index (κ1) is 16.4. The first-order valence-electron chi connectivity index (χ1n) is 5.78. The van der Waals surface area contributed by atoms with Crippen molar-refractivity contribution in [3.05, 3.63) is 27.0 Å². The minimum absolute atomic E-state index is 0.0226. The highest BCUT2D eigenvalue weighted by Crippen LogP contribution is 2.30. The summed E-state index contributed by atoms with van der Waals surface area (Å²) in [4.78, 5) is 15.4. The molecule has 0 bridgehead atoms. The summed E-state index contributed by atoms with van der Waals surface area (Å²) >= 11 is 5.41. The quantitative estimate of drug-likeness (QED) is 0.739. The van der Waals surface area contributed by atoms with Gasteiger partial charge in [0.2, 0.25) is 0 Å². The number of sulfonamides is 1. The molecule has 0 atom stereocenters. The molecule has 10 heteroatoms. The van der Waals surface area contributed by atoms with Crippen molar-refractivity contribution in [1.29, 1.82) is 0 Å². The Bertz CT molecular complexity index is 738. The summed E-state index contributed by atoms with van der Waals surface area (Å²) < 4.78 is 32.2. The minimum Gasteiger partial charge on any atom is -0.466 e. The van der Waals surface area contributed by atoms with Crippen LogP contribution in [0.2, 0.25) is 0 Å². The molecule has 2 heterocycles. The molecule has 0 amide bonds. The van der Waals surface area contributed by atoms with Crippen molar-refractivity contribution in [3.8, 4) is 0 Å². The fourth-order valence-corrected chi connectivity index (χ4v) is 5.73. The van der Waals surface area contributed by atoms with Gasteiger partial charge in [0, 0.05) is 9.85 Å². The van der Waals surface area contributed by atoms with E-state index in [0.717, 1.165) is 22.7 Å². The van der Waals surface area contributed by atoms with E-state index in [1.165, 1.54) is 0 Å². The van der Waals surface area contributed by atoms with Crippen LogP contribution in [0.1, 0.15) is 12.6 Å². The molecule has 6 nitrogen and oxygen atoms in total. The molecular formula is C11H11BrN2O4S3. The topological polar surface area (TPSA) is 85.4 Å². The first-order valence-corrected chi connectivity index (χ1v) is 9.81. The fourth-order valence-electron chi connectivity index (χ4n) is 1.43. The number of thiazole rings is 1. The number of nitrogens with one attached hydrogen (secondary N) is 1. The van der Waals surface area contributed by atoms with Gasteiger partial charge in [0.25, 0.3) is 10.0 Å². The molecule has 2 aromatic heterocycles. The molecule has 114 valence electrons. The smallest absolute Gasteiger partial charge is 0.311 e. The number of anilines is 1. The van der Waals surface area contributed by atoms with Crippen LogP contribution in [0.5, 0.6) is 0 Å². The Kier molecular flexibility index (Phi) is 5.36. The Morgan fingerprint density at radius 3 is 2.86 bits per heavy atom. The first-order chi connectivity index (χ1) is 9.92. The average Bonchev–Trinajstić information content (AvgIpc) is 2.98. The number of esters is 1. The van der Waals surface area contributed by atoms with Gasteiger partial charge in [0.05, 0.1) is 18.7 Å². The summed E-state index contributed by atoms with van der Waals surface area (Å²) in [5.41, 5.74) is 0.474. The molecule has 0 radical (unpaired) electrons. The van der Waals surface area contributed by atoms with Crippen LogP contribution in [-0.2, 0) is 26.0 Å². The predicted molar refractivity (Wildman–Crippen MR) is 85.3 cm³/mol. The van der Waals surface area contributed by atoms with E-state index in [9.17, 15) is 13.2 Å². The zero-order chi connectivity index (χ0) is 15.5. The Morgan fingerprint density at radius 1 is 1.48 bits per heavy atom. The van der Waals surface area contributed by atoms with E-state index in [1.807, 2.05) is 0 Å². The lowest BCUT2D eigenvalue weighted by atomic mass is 10.3. The lowest BCUT2D eigenvalue weighted by Gasteiger charge is -2.03. The fraction of sp³-hybridized carbons (Fsp3) is 0.273. The maximum atomic E-state index is 12.2. The molecule has 21 heavy (non-hydrogen) atoms. The van der Waals surface area contributed by atoms with Crippen LogP contribution >= 0.6 is 38.6 Å². The summed E-state index contributed by atoms with van der Waals surface area (Å²) in [6.07, 6.45) is 0.0226. The minimum atomic E-state index is -3.67. The van der Waals surface area contributed by atoms with Gasteiger partial charge in [-0.2, -0.15) is 0 Å². The number of rotatable bonds is 6. The zero-order valence-electron chi connectivity index (χ0n) is 10.8. The number of thiophene rings is 1. The molecule has 0 fully saturated rings. The van der Waals surface area contributed by atoms with Crippen molar-refractivity contribution in [2.24, 2.45) is 0 Å². The van der Waals surface area contributed by atoms with E-state index in [1.54, 1.807) is 23.8 Å². The molecule has 2 aromatic rings. The Hall–Kier alpha value is -0.970. The van der Waals surface area contributed by atoms with Crippen LogP contribution in [0.25, 0.3) is 0 Å². The molecule has 0 aliphatic carbocycles. The molecule has 2 rings (SSSR count). The molecule has 0 spiro atoms. The molecule has 0 aromatic carbocycles. The molecule has 0 aliphatic heterocycles. The Morgan fingerprint density at radius 2 is 2.24 bits per heavy atom. The SMILES string of the molecule is CCOC(=O)Cc1csc(NS(=O)(=O)c2sccc2Br)n1. The highest BCUT2D eigenvalue weighted by molar-refractivity contribution is 9.10. The monoisotopic (exact) mass is 410 g/mol. The summed E-state index contributed by atoms with van der Waals surface area (Å²) in [5, 5.41) is 3.51. The van der Waals surface area contributed by atoms with Crippen molar-refractivity contribution in [2.75, 3.05) is 11.3 Å². The summed E-state index contributed by atoms with van der Waals surface area (Å²) in [7, 11) is -3.67. The van der Waals surface area contributed by atoms with Gasteiger partial charge in [0.15, 0.2) is 9.34 Å². The summed E-state index contributed by atoms with van der Waals surface area (Å²) in [6.45, 7) is 2.02. The van der Waals surface area contributed by atoms with Gasteiger partial charge in [-0.1, -0.05) is 0 Å². The molecule has 0 saturated carbocycles. The second kappa shape index (κ2) is 6.86.